The zero-order valence-corrected chi connectivity index (χ0v) is 17.8. The van der Waals surface area contributed by atoms with Crippen molar-refractivity contribution in [3.8, 4) is 11.1 Å². The topological polar surface area (TPSA) is 70.1 Å². The number of fused-ring (bicyclic) bond motifs is 1. The lowest BCUT2D eigenvalue weighted by Crippen LogP contribution is -2.73. The van der Waals surface area contributed by atoms with Crippen molar-refractivity contribution in [3.05, 3.63) is 59.9 Å². The van der Waals surface area contributed by atoms with Crippen molar-refractivity contribution in [2.75, 3.05) is 32.9 Å². The molecule has 3 heterocycles. The van der Waals surface area contributed by atoms with E-state index in [-0.39, 0.29) is 54.7 Å². The average Bonchev–Trinajstić information content (AvgIpc) is 2.81. The van der Waals surface area contributed by atoms with E-state index in [9.17, 15) is 19.1 Å². The van der Waals surface area contributed by atoms with Gasteiger partial charge in [0.1, 0.15) is 5.82 Å². The Morgan fingerprint density at radius 1 is 1.09 bits per heavy atom. The second-order valence-electron chi connectivity index (χ2n) is 8.85. The predicted octanol–water partition coefficient (Wildman–Crippen LogP) is 2.42. The molecular weight excluding hydrogens is 411 g/mol. The van der Waals surface area contributed by atoms with Gasteiger partial charge in [-0.05, 0) is 30.0 Å². The van der Waals surface area contributed by atoms with Crippen molar-refractivity contribution in [2.24, 2.45) is 5.92 Å². The molecule has 6 nitrogen and oxygen atoms in total. The van der Waals surface area contributed by atoms with E-state index in [0.717, 1.165) is 11.1 Å². The number of ether oxygens (including phenoxy) is 1. The van der Waals surface area contributed by atoms with Crippen LogP contribution >= 0.6 is 0 Å². The molecule has 3 aliphatic heterocycles. The molecule has 32 heavy (non-hydrogen) atoms. The second kappa shape index (κ2) is 8.64. The highest BCUT2D eigenvalue weighted by atomic mass is 19.1. The molecule has 0 unspecified atom stereocenters. The van der Waals surface area contributed by atoms with Crippen molar-refractivity contribution in [1.82, 2.24) is 9.80 Å². The molecule has 3 aliphatic rings. The number of carbonyl (C=O) groups is 2. The zero-order chi connectivity index (χ0) is 22.2. The number of carbonyl (C=O) groups excluding carboxylic acids is 2. The maximum atomic E-state index is 14.1. The van der Waals surface area contributed by atoms with Crippen LogP contribution in [-0.4, -0.2) is 71.7 Å². The number of halogens is 1. The summed E-state index contributed by atoms with van der Waals surface area (Å²) >= 11 is 0. The van der Waals surface area contributed by atoms with Crippen molar-refractivity contribution in [2.45, 2.75) is 30.8 Å². The molecule has 0 spiro atoms. The number of benzene rings is 2. The highest BCUT2D eigenvalue weighted by Crippen LogP contribution is 2.43. The Balaban J connectivity index is 1.36. The Hall–Kier alpha value is -2.77. The normalized spacial score (nSPS) is 25.9. The molecule has 2 amide bonds. The Labute approximate surface area is 186 Å². The minimum atomic E-state index is -0.299. The van der Waals surface area contributed by atoms with Crippen molar-refractivity contribution < 1.29 is 23.8 Å². The maximum Gasteiger partial charge on any atom is 0.242 e. The minimum Gasteiger partial charge on any atom is -0.394 e. The first kappa shape index (κ1) is 21.1. The van der Waals surface area contributed by atoms with Gasteiger partial charge in [-0.2, -0.15) is 0 Å². The number of amides is 2. The highest BCUT2D eigenvalue weighted by molar-refractivity contribution is 5.88. The molecule has 168 valence electrons. The summed E-state index contributed by atoms with van der Waals surface area (Å²) in [6, 6.07) is 13.8. The smallest absolute Gasteiger partial charge is 0.242 e. The summed E-state index contributed by atoms with van der Waals surface area (Å²) in [5.41, 5.74) is 2.30. The van der Waals surface area contributed by atoms with Crippen molar-refractivity contribution in [3.63, 3.8) is 0 Å². The second-order valence-corrected chi connectivity index (χ2v) is 8.85. The molecule has 1 N–H and O–H groups in total. The number of hydrogen-bond donors (Lipinski definition) is 1. The van der Waals surface area contributed by atoms with Gasteiger partial charge >= 0.3 is 0 Å². The van der Waals surface area contributed by atoms with E-state index in [2.05, 4.69) is 0 Å². The lowest BCUT2D eigenvalue weighted by atomic mass is 9.73. The van der Waals surface area contributed by atoms with Gasteiger partial charge < -0.3 is 19.6 Å². The van der Waals surface area contributed by atoms with Crippen LogP contribution in [0.5, 0.6) is 0 Å². The number of hydrogen-bond acceptors (Lipinski definition) is 4. The van der Waals surface area contributed by atoms with Crippen LogP contribution in [0.15, 0.2) is 48.5 Å². The van der Waals surface area contributed by atoms with Gasteiger partial charge in [-0.1, -0.05) is 42.5 Å². The van der Waals surface area contributed by atoms with E-state index < -0.39 is 0 Å². The molecule has 0 saturated carbocycles. The van der Waals surface area contributed by atoms with Gasteiger partial charge in [0.15, 0.2) is 0 Å². The molecule has 2 aromatic rings. The van der Waals surface area contributed by atoms with E-state index in [4.69, 9.17) is 4.74 Å². The molecule has 0 aliphatic carbocycles. The number of nitrogens with zero attached hydrogens (tertiary/aromatic N) is 2. The van der Waals surface area contributed by atoms with Crippen LogP contribution in [0.25, 0.3) is 11.1 Å². The summed E-state index contributed by atoms with van der Waals surface area (Å²) in [5.74, 6) is -0.509. The Kier molecular flexibility index (Phi) is 5.69. The Morgan fingerprint density at radius 2 is 1.81 bits per heavy atom. The third-order valence-electron chi connectivity index (χ3n) is 7.11. The van der Waals surface area contributed by atoms with Gasteiger partial charge in [0.25, 0.3) is 0 Å². The first-order valence-corrected chi connectivity index (χ1v) is 11.2. The van der Waals surface area contributed by atoms with E-state index in [1.807, 2.05) is 24.3 Å². The molecule has 3 atom stereocenters. The molecule has 3 saturated heterocycles. The molecule has 7 heteroatoms. The largest absolute Gasteiger partial charge is 0.394 e. The zero-order valence-electron chi connectivity index (χ0n) is 17.8. The fourth-order valence-corrected chi connectivity index (χ4v) is 5.45. The first-order chi connectivity index (χ1) is 15.6. The Morgan fingerprint density at radius 3 is 2.50 bits per heavy atom. The number of aliphatic hydroxyl groups excluding tert-OH is 1. The third-order valence-corrected chi connectivity index (χ3v) is 7.11. The lowest BCUT2D eigenvalue weighted by molar-refractivity contribution is -0.169. The molecule has 0 radical (unpaired) electrons. The number of rotatable bonds is 4. The molecule has 5 rings (SSSR count). The fourth-order valence-electron chi connectivity index (χ4n) is 5.45. The van der Waals surface area contributed by atoms with Gasteiger partial charge in [-0.3, -0.25) is 9.59 Å². The maximum absolute atomic E-state index is 14.1. The molecule has 0 aromatic heterocycles. The van der Waals surface area contributed by atoms with Gasteiger partial charge in [0, 0.05) is 37.2 Å². The van der Waals surface area contributed by atoms with Gasteiger partial charge in [-0.15, -0.1) is 0 Å². The summed E-state index contributed by atoms with van der Waals surface area (Å²) < 4.78 is 19.5. The summed E-state index contributed by atoms with van der Waals surface area (Å²) in [5, 5.41) is 9.98. The third kappa shape index (κ3) is 3.59. The summed E-state index contributed by atoms with van der Waals surface area (Å²) in [7, 11) is 0. The van der Waals surface area contributed by atoms with Gasteiger partial charge in [-0.25, -0.2) is 4.39 Å². The summed E-state index contributed by atoms with van der Waals surface area (Å²) in [4.78, 5) is 29.3. The predicted molar refractivity (Wildman–Crippen MR) is 116 cm³/mol. The van der Waals surface area contributed by atoms with Crippen LogP contribution in [0.4, 0.5) is 4.39 Å². The van der Waals surface area contributed by atoms with Crippen LogP contribution in [0, 0.1) is 11.7 Å². The molecule has 2 aromatic carbocycles. The molecule has 0 bridgehead atoms. The van der Waals surface area contributed by atoms with E-state index in [1.165, 1.54) is 6.07 Å². The summed E-state index contributed by atoms with van der Waals surface area (Å²) in [6.45, 7) is 1.57. The highest BCUT2D eigenvalue weighted by Gasteiger charge is 2.54. The molecule has 3 fully saturated rings. The van der Waals surface area contributed by atoms with Crippen LogP contribution in [0.1, 0.15) is 24.3 Å². The lowest BCUT2D eigenvalue weighted by Gasteiger charge is -2.59. The number of piperazine rings is 1. The van der Waals surface area contributed by atoms with E-state index in [1.54, 1.807) is 28.0 Å². The average molecular weight is 438 g/mol. The van der Waals surface area contributed by atoms with E-state index >= 15 is 0 Å². The fraction of sp³-hybridized carbons (Fsp3) is 0.440. The van der Waals surface area contributed by atoms with Crippen LogP contribution in [-0.2, 0) is 14.3 Å². The van der Waals surface area contributed by atoms with Crippen molar-refractivity contribution >= 4 is 11.8 Å². The van der Waals surface area contributed by atoms with Crippen LogP contribution in [0.3, 0.4) is 0 Å². The first-order valence-electron chi connectivity index (χ1n) is 11.2. The van der Waals surface area contributed by atoms with E-state index in [0.29, 0.717) is 38.2 Å². The van der Waals surface area contributed by atoms with Crippen molar-refractivity contribution in [1.29, 1.82) is 0 Å². The van der Waals surface area contributed by atoms with Crippen LogP contribution in [0.2, 0.25) is 0 Å². The minimum absolute atomic E-state index is 0.0300. The Bertz CT molecular complexity index is 1010. The van der Waals surface area contributed by atoms with Gasteiger partial charge in [0.05, 0.1) is 25.2 Å². The van der Waals surface area contributed by atoms with Crippen LogP contribution < -0.4 is 0 Å². The molecular formula is C25H27FN2O4. The summed E-state index contributed by atoms with van der Waals surface area (Å²) in [6.07, 6.45) is 1.39. The number of aliphatic hydroxyl groups is 1. The monoisotopic (exact) mass is 438 g/mol. The van der Waals surface area contributed by atoms with Gasteiger partial charge in [0.2, 0.25) is 11.8 Å². The SMILES string of the molecule is O=C(C1CCOCC1)N1CC(=O)N2[C@H](CO)[C@H](c3ccc(-c4ccccc4F)cc3)[C@@H]2C1. The quantitative estimate of drug-likeness (QED) is 0.796. The standard InChI is InChI=1S/C25H27FN2O4/c26-20-4-2-1-3-19(20)16-5-7-17(8-6-16)24-21-13-27(14-23(30)28(21)22(24)15-29)25(31)18-9-11-32-12-10-18/h1-8,18,21-22,24,29H,9-15H2/t21-,22+,24+/m0/s1.